The highest BCUT2D eigenvalue weighted by Gasteiger charge is 2.23. The fourth-order valence-electron chi connectivity index (χ4n) is 2.74. The number of hydrogen-bond donors (Lipinski definition) is 1. The van der Waals surface area contributed by atoms with Gasteiger partial charge in [0.25, 0.3) is 0 Å². The maximum absolute atomic E-state index is 12.6. The smallest absolute Gasteiger partial charge is 0.340 e. The molecule has 1 atom stereocenters. The van der Waals surface area contributed by atoms with Crippen LogP contribution in [0.15, 0.2) is 60.9 Å². The van der Waals surface area contributed by atoms with Crippen LogP contribution in [0.3, 0.4) is 0 Å². The number of pyridine rings is 1. The van der Waals surface area contributed by atoms with Crippen LogP contribution >= 0.6 is 0 Å². The van der Waals surface area contributed by atoms with Crippen molar-refractivity contribution in [1.82, 2.24) is 4.98 Å². The molecule has 0 spiro atoms. The molecule has 154 valence electrons. The van der Waals surface area contributed by atoms with Gasteiger partial charge in [0.05, 0.1) is 12.2 Å². The Morgan fingerprint density at radius 3 is 2.59 bits per heavy atom. The summed E-state index contributed by atoms with van der Waals surface area (Å²) in [6.45, 7) is 7.66. The van der Waals surface area contributed by atoms with Crippen molar-refractivity contribution >= 4 is 11.8 Å². The lowest BCUT2D eigenvalue weighted by Gasteiger charge is -2.21. The fraction of sp³-hybridized carbons (Fsp3) is 0.348. The van der Waals surface area contributed by atoms with Gasteiger partial charge in [-0.3, -0.25) is 9.78 Å². The van der Waals surface area contributed by atoms with E-state index in [1.165, 1.54) is 6.20 Å². The Labute approximate surface area is 171 Å². The molecule has 0 aliphatic rings. The van der Waals surface area contributed by atoms with Crippen LogP contribution in [0, 0.1) is 5.92 Å². The van der Waals surface area contributed by atoms with Gasteiger partial charge in [-0.15, -0.1) is 0 Å². The van der Waals surface area contributed by atoms with Crippen molar-refractivity contribution in [2.75, 3.05) is 13.2 Å². The van der Waals surface area contributed by atoms with Crippen LogP contribution < -0.4 is 4.74 Å². The Kier molecular flexibility index (Phi) is 8.55. The molecule has 6 nitrogen and oxygen atoms in total. The highest BCUT2D eigenvalue weighted by molar-refractivity contribution is 5.95. The molecule has 1 aromatic carbocycles. The Hall–Kier alpha value is -2.99. The molecule has 0 aliphatic heterocycles. The number of nitrogens with zero attached hydrogens (tertiary/aromatic N) is 1. The molecule has 1 heterocycles. The Bertz CT molecular complexity index is 832. The maximum atomic E-state index is 12.6. The van der Waals surface area contributed by atoms with E-state index in [0.29, 0.717) is 22.4 Å². The number of ketones is 1. The zero-order valence-electron chi connectivity index (χ0n) is 16.8. The summed E-state index contributed by atoms with van der Waals surface area (Å²) in [7, 11) is 0. The lowest BCUT2D eigenvalue weighted by Crippen LogP contribution is -2.16. The van der Waals surface area contributed by atoms with Gasteiger partial charge >= 0.3 is 5.97 Å². The minimum atomic E-state index is -0.693. The Morgan fingerprint density at radius 1 is 1.17 bits per heavy atom. The highest BCUT2D eigenvalue weighted by atomic mass is 16.5. The number of benzene rings is 1. The van der Waals surface area contributed by atoms with Gasteiger partial charge in [-0.1, -0.05) is 38.6 Å². The number of carbonyl (C=O) groups excluding carboxylic acids is 2. The SMILES string of the molecule is C=C(C(=O)CC[C@@H](OC(=O)c1cccnc1)c1ccccc1OCCO)C(C)C. The molecule has 29 heavy (non-hydrogen) atoms. The first-order chi connectivity index (χ1) is 13.9. The lowest BCUT2D eigenvalue weighted by molar-refractivity contribution is -0.116. The van der Waals surface area contributed by atoms with E-state index in [4.69, 9.17) is 14.6 Å². The monoisotopic (exact) mass is 397 g/mol. The van der Waals surface area contributed by atoms with Gasteiger partial charge in [-0.2, -0.15) is 0 Å². The van der Waals surface area contributed by atoms with Crippen LogP contribution in [0.4, 0.5) is 0 Å². The number of aliphatic hydroxyl groups excluding tert-OH is 1. The third-order valence-electron chi connectivity index (χ3n) is 4.45. The maximum Gasteiger partial charge on any atom is 0.340 e. The van der Waals surface area contributed by atoms with E-state index in [-0.39, 0.29) is 37.8 Å². The number of Topliss-reactive ketones (excluding diaryl/α,β-unsaturated/α-hetero) is 1. The van der Waals surface area contributed by atoms with E-state index in [1.807, 2.05) is 13.8 Å². The zero-order valence-corrected chi connectivity index (χ0v) is 16.8. The van der Waals surface area contributed by atoms with E-state index in [1.54, 1.807) is 42.6 Å². The number of para-hydroxylation sites is 1. The Morgan fingerprint density at radius 2 is 1.93 bits per heavy atom. The second-order valence-corrected chi connectivity index (χ2v) is 6.89. The van der Waals surface area contributed by atoms with Gasteiger partial charge in [-0.05, 0) is 36.1 Å². The first-order valence-corrected chi connectivity index (χ1v) is 9.59. The van der Waals surface area contributed by atoms with E-state index >= 15 is 0 Å². The summed E-state index contributed by atoms with van der Waals surface area (Å²) in [6.07, 6.45) is 2.79. The predicted molar refractivity (Wildman–Crippen MR) is 110 cm³/mol. The fourth-order valence-corrected chi connectivity index (χ4v) is 2.74. The predicted octanol–water partition coefficient (Wildman–Crippen LogP) is 3.91. The van der Waals surface area contributed by atoms with E-state index in [0.717, 1.165) is 0 Å². The average Bonchev–Trinajstić information content (AvgIpc) is 2.75. The summed E-state index contributed by atoms with van der Waals surface area (Å²) in [5.41, 5.74) is 1.51. The second kappa shape index (κ2) is 11.1. The molecule has 1 N–H and O–H groups in total. The summed E-state index contributed by atoms with van der Waals surface area (Å²) in [4.78, 5) is 29.0. The molecule has 0 amide bonds. The number of rotatable bonds is 11. The molecule has 0 saturated carbocycles. The van der Waals surface area contributed by atoms with E-state index < -0.39 is 12.1 Å². The van der Waals surface area contributed by atoms with Crippen molar-refractivity contribution in [1.29, 1.82) is 0 Å². The van der Waals surface area contributed by atoms with Gasteiger partial charge in [0.2, 0.25) is 0 Å². The summed E-state index contributed by atoms with van der Waals surface area (Å²) in [5.74, 6) is -0.0360. The van der Waals surface area contributed by atoms with Gasteiger partial charge < -0.3 is 14.6 Å². The van der Waals surface area contributed by atoms with Crippen LogP contribution in [-0.4, -0.2) is 35.1 Å². The summed E-state index contributed by atoms with van der Waals surface area (Å²) < 4.78 is 11.3. The number of hydrogen-bond acceptors (Lipinski definition) is 6. The van der Waals surface area contributed by atoms with Crippen molar-refractivity contribution in [3.63, 3.8) is 0 Å². The molecule has 0 unspecified atom stereocenters. The van der Waals surface area contributed by atoms with Crippen molar-refractivity contribution in [2.45, 2.75) is 32.8 Å². The summed E-state index contributed by atoms with van der Waals surface area (Å²) in [6, 6.07) is 10.4. The third kappa shape index (κ3) is 6.54. The van der Waals surface area contributed by atoms with Gasteiger partial charge in [0, 0.05) is 24.4 Å². The summed E-state index contributed by atoms with van der Waals surface area (Å²) in [5, 5.41) is 9.07. The molecule has 0 saturated heterocycles. The molecular weight excluding hydrogens is 370 g/mol. The minimum absolute atomic E-state index is 0.0547. The van der Waals surface area contributed by atoms with E-state index in [2.05, 4.69) is 11.6 Å². The lowest BCUT2D eigenvalue weighted by atomic mass is 9.95. The molecule has 0 aliphatic carbocycles. The van der Waals surface area contributed by atoms with Crippen LogP contribution in [0.1, 0.15) is 48.7 Å². The largest absolute Gasteiger partial charge is 0.491 e. The number of allylic oxidation sites excluding steroid dienone is 1. The highest BCUT2D eigenvalue weighted by Crippen LogP contribution is 2.32. The van der Waals surface area contributed by atoms with Gasteiger partial charge in [0.15, 0.2) is 5.78 Å². The molecule has 0 bridgehead atoms. The second-order valence-electron chi connectivity index (χ2n) is 6.89. The van der Waals surface area contributed by atoms with Crippen LogP contribution in [0.25, 0.3) is 0 Å². The average molecular weight is 397 g/mol. The van der Waals surface area contributed by atoms with Crippen molar-refractivity contribution in [3.8, 4) is 5.75 Å². The van der Waals surface area contributed by atoms with Crippen LogP contribution in [-0.2, 0) is 9.53 Å². The number of aliphatic hydroxyl groups is 1. The van der Waals surface area contributed by atoms with Crippen LogP contribution in [0.2, 0.25) is 0 Å². The topological polar surface area (TPSA) is 85.7 Å². The quantitative estimate of drug-likeness (QED) is 0.457. The normalized spacial score (nSPS) is 11.7. The minimum Gasteiger partial charge on any atom is -0.491 e. The third-order valence-corrected chi connectivity index (χ3v) is 4.45. The molecule has 1 aromatic heterocycles. The molecule has 6 heteroatoms. The van der Waals surface area contributed by atoms with E-state index in [9.17, 15) is 9.59 Å². The molecule has 2 aromatic rings. The molecule has 2 rings (SSSR count). The van der Waals surface area contributed by atoms with Crippen molar-refractivity contribution in [2.24, 2.45) is 5.92 Å². The first kappa shape index (κ1) is 22.3. The number of ether oxygens (including phenoxy) is 2. The van der Waals surface area contributed by atoms with Crippen molar-refractivity contribution < 1.29 is 24.2 Å². The summed E-state index contributed by atoms with van der Waals surface area (Å²) >= 11 is 0. The standard InChI is InChI=1S/C23H27NO5/c1-16(2)17(3)20(26)10-11-22(29-23(27)18-7-6-12-24-15-18)19-8-4-5-9-21(19)28-14-13-25/h4-9,12,15-16,22,25H,3,10-11,13-14H2,1-2H3/t22-/m1/s1. The number of aromatic nitrogens is 1. The van der Waals surface area contributed by atoms with Gasteiger partial charge in [0.1, 0.15) is 18.5 Å². The zero-order chi connectivity index (χ0) is 21.2. The van der Waals surface area contributed by atoms with Gasteiger partial charge in [-0.25, -0.2) is 4.79 Å². The molecular formula is C23H27NO5. The van der Waals surface area contributed by atoms with Crippen molar-refractivity contribution in [3.05, 3.63) is 72.1 Å². The molecule has 0 fully saturated rings. The first-order valence-electron chi connectivity index (χ1n) is 9.59. The number of carbonyl (C=O) groups is 2. The Balaban J connectivity index is 2.24. The van der Waals surface area contributed by atoms with Crippen LogP contribution in [0.5, 0.6) is 5.75 Å². The number of esters is 1. The molecule has 0 radical (unpaired) electrons.